The van der Waals surface area contributed by atoms with Crippen LogP contribution in [0.3, 0.4) is 0 Å². The van der Waals surface area contributed by atoms with Gasteiger partial charge in [0.05, 0.1) is 6.54 Å². The van der Waals surface area contributed by atoms with E-state index < -0.39 is 6.04 Å². The summed E-state index contributed by atoms with van der Waals surface area (Å²) in [5.74, 6) is 1.87. The lowest BCUT2D eigenvalue weighted by molar-refractivity contribution is -0.134. The molecule has 1 atom stereocenters. The molecule has 2 heterocycles. The first-order valence-corrected chi connectivity index (χ1v) is 7.09. The van der Waals surface area contributed by atoms with E-state index in [0.717, 1.165) is 11.5 Å². The average Bonchev–Trinajstić information content (AvgIpc) is 2.72. The summed E-state index contributed by atoms with van der Waals surface area (Å²) in [6.07, 6.45) is 1.01. The van der Waals surface area contributed by atoms with Gasteiger partial charge >= 0.3 is 0 Å². The lowest BCUT2D eigenvalue weighted by Gasteiger charge is -2.24. The van der Waals surface area contributed by atoms with Gasteiger partial charge in [0.15, 0.2) is 0 Å². The minimum Gasteiger partial charge on any atom is -0.464 e. The van der Waals surface area contributed by atoms with Crippen LogP contribution < -0.4 is 5.32 Å². The average molecular weight is 278 g/mol. The summed E-state index contributed by atoms with van der Waals surface area (Å²) in [5.41, 5.74) is 0. The third kappa shape index (κ3) is 3.62. The predicted molar refractivity (Wildman–Crippen MR) is 74.9 cm³/mol. The quantitative estimate of drug-likeness (QED) is 0.914. The number of hydrogen-bond acceptors (Lipinski definition) is 3. The fourth-order valence-electron chi connectivity index (χ4n) is 2.44. The molecule has 0 saturated carbocycles. The van der Waals surface area contributed by atoms with Crippen LogP contribution in [0, 0.1) is 12.8 Å². The predicted octanol–water partition coefficient (Wildman–Crippen LogP) is 1.85. The highest BCUT2D eigenvalue weighted by molar-refractivity contribution is 5.89. The molecule has 2 amide bonds. The van der Waals surface area contributed by atoms with Gasteiger partial charge in [0.25, 0.3) is 0 Å². The van der Waals surface area contributed by atoms with Crippen LogP contribution in [-0.4, -0.2) is 29.3 Å². The van der Waals surface area contributed by atoms with Crippen LogP contribution in [0.15, 0.2) is 16.5 Å². The molecule has 0 aliphatic carbocycles. The van der Waals surface area contributed by atoms with E-state index in [9.17, 15) is 9.59 Å². The Balaban J connectivity index is 2.10. The number of rotatable bonds is 4. The van der Waals surface area contributed by atoms with E-state index >= 15 is 0 Å². The number of carbonyl (C=O) groups is 2. The summed E-state index contributed by atoms with van der Waals surface area (Å²) in [7, 11) is 0. The van der Waals surface area contributed by atoms with Crippen LogP contribution >= 0.6 is 0 Å². The van der Waals surface area contributed by atoms with E-state index in [1.54, 1.807) is 4.90 Å². The molecule has 0 aromatic carbocycles. The van der Waals surface area contributed by atoms with Gasteiger partial charge in [-0.05, 0) is 31.4 Å². The van der Waals surface area contributed by atoms with Crippen molar-refractivity contribution in [2.75, 3.05) is 6.54 Å². The number of nitrogens with one attached hydrogen (secondary N) is 1. The number of hydrogen-bond donors (Lipinski definition) is 1. The molecule has 1 aliphatic rings. The second-order valence-electron chi connectivity index (χ2n) is 5.77. The van der Waals surface area contributed by atoms with Crippen molar-refractivity contribution in [2.24, 2.45) is 5.92 Å². The summed E-state index contributed by atoms with van der Waals surface area (Å²) >= 11 is 0. The first-order valence-electron chi connectivity index (χ1n) is 7.09. The Labute approximate surface area is 119 Å². The van der Waals surface area contributed by atoms with E-state index in [1.807, 2.05) is 32.9 Å². The van der Waals surface area contributed by atoms with Gasteiger partial charge in [0, 0.05) is 13.0 Å². The van der Waals surface area contributed by atoms with Crippen LogP contribution in [0.4, 0.5) is 0 Å². The third-order valence-corrected chi connectivity index (χ3v) is 3.40. The second kappa shape index (κ2) is 6.11. The maximum atomic E-state index is 12.5. The Bertz CT molecular complexity index is 493. The molecule has 20 heavy (non-hydrogen) atoms. The molecular formula is C15H22N2O3. The molecule has 1 saturated heterocycles. The van der Waals surface area contributed by atoms with E-state index in [4.69, 9.17) is 4.42 Å². The molecule has 1 aromatic heterocycles. The first-order chi connectivity index (χ1) is 9.45. The van der Waals surface area contributed by atoms with E-state index in [2.05, 4.69) is 5.32 Å². The summed E-state index contributed by atoms with van der Waals surface area (Å²) < 4.78 is 5.52. The molecule has 2 rings (SSSR count). The summed E-state index contributed by atoms with van der Waals surface area (Å²) in [5, 5.41) is 2.82. The number of amides is 2. The standard InChI is InChI=1S/C15H22N2O3/c1-10(2)8-13-15(19)17(7-6-14(18)16-13)9-12-5-4-11(3)20-12/h4-5,10,13H,6-9H2,1-3H3,(H,16,18). The minimum absolute atomic E-state index is 0.0152. The highest BCUT2D eigenvalue weighted by Crippen LogP contribution is 2.16. The molecule has 1 N–H and O–H groups in total. The maximum absolute atomic E-state index is 12.5. The smallest absolute Gasteiger partial charge is 0.245 e. The van der Waals surface area contributed by atoms with E-state index in [0.29, 0.717) is 31.8 Å². The number of aryl methyl sites for hydroxylation is 1. The van der Waals surface area contributed by atoms with Gasteiger partial charge in [-0.25, -0.2) is 0 Å². The Morgan fingerprint density at radius 3 is 2.75 bits per heavy atom. The van der Waals surface area contributed by atoms with Crippen LogP contribution in [0.1, 0.15) is 38.2 Å². The number of nitrogens with zero attached hydrogens (tertiary/aromatic N) is 1. The van der Waals surface area contributed by atoms with Crippen LogP contribution in [-0.2, 0) is 16.1 Å². The molecule has 0 bridgehead atoms. The molecule has 5 heteroatoms. The van der Waals surface area contributed by atoms with Crippen molar-refractivity contribution in [3.63, 3.8) is 0 Å². The Morgan fingerprint density at radius 2 is 2.15 bits per heavy atom. The Hall–Kier alpha value is -1.78. The summed E-state index contributed by atoms with van der Waals surface area (Å²) in [6, 6.07) is 3.34. The number of furan rings is 1. The Morgan fingerprint density at radius 1 is 1.40 bits per heavy atom. The van der Waals surface area contributed by atoms with Crippen molar-refractivity contribution in [1.29, 1.82) is 0 Å². The lowest BCUT2D eigenvalue weighted by Crippen LogP contribution is -2.45. The minimum atomic E-state index is -0.416. The van der Waals surface area contributed by atoms with Crippen molar-refractivity contribution in [3.8, 4) is 0 Å². The van der Waals surface area contributed by atoms with Crippen molar-refractivity contribution >= 4 is 11.8 Å². The van der Waals surface area contributed by atoms with E-state index in [-0.39, 0.29) is 11.8 Å². The van der Waals surface area contributed by atoms with Gasteiger partial charge in [-0.2, -0.15) is 0 Å². The van der Waals surface area contributed by atoms with Gasteiger partial charge < -0.3 is 14.6 Å². The zero-order chi connectivity index (χ0) is 14.7. The van der Waals surface area contributed by atoms with E-state index in [1.165, 1.54) is 0 Å². The first kappa shape index (κ1) is 14.6. The Kier molecular flexibility index (Phi) is 4.47. The molecule has 1 aromatic rings. The van der Waals surface area contributed by atoms with Crippen molar-refractivity contribution in [1.82, 2.24) is 10.2 Å². The fourth-order valence-corrected chi connectivity index (χ4v) is 2.44. The molecule has 1 unspecified atom stereocenters. The molecule has 1 fully saturated rings. The molecule has 0 spiro atoms. The van der Waals surface area contributed by atoms with Gasteiger partial charge in [-0.1, -0.05) is 13.8 Å². The second-order valence-corrected chi connectivity index (χ2v) is 5.77. The molecule has 5 nitrogen and oxygen atoms in total. The van der Waals surface area contributed by atoms with Crippen LogP contribution in [0.5, 0.6) is 0 Å². The van der Waals surface area contributed by atoms with Crippen LogP contribution in [0.25, 0.3) is 0 Å². The zero-order valence-corrected chi connectivity index (χ0v) is 12.3. The molecular weight excluding hydrogens is 256 g/mol. The number of carbonyl (C=O) groups excluding carboxylic acids is 2. The molecule has 1 aliphatic heterocycles. The van der Waals surface area contributed by atoms with Gasteiger partial charge in [0.2, 0.25) is 11.8 Å². The van der Waals surface area contributed by atoms with Gasteiger partial charge in [-0.15, -0.1) is 0 Å². The topological polar surface area (TPSA) is 62.6 Å². The lowest BCUT2D eigenvalue weighted by atomic mass is 10.0. The fraction of sp³-hybridized carbons (Fsp3) is 0.600. The zero-order valence-electron chi connectivity index (χ0n) is 12.3. The van der Waals surface area contributed by atoms with Crippen molar-refractivity contribution in [2.45, 2.75) is 46.2 Å². The van der Waals surface area contributed by atoms with Crippen molar-refractivity contribution < 1.29 is 14.0 Å². The third-order valence-electron chi connectivity index (χ3n) is 3.40. The van der Waals surface area contributed by atoms with Gasteiger partial charge in [0.1, 0.15) is 17.6 Å². The molecule has 0 radical (unpaired) electrons. The van der Waals surface area contributed by atoms with Gasteiger partial charge in [-0.3, -0.25) is 9.59 Å². The normalized spacial score (nSPS) is 20.2. The SMILES string of the molecule is Cc1ccc(CN2CCC(=O)NC(CC(C)C)C2=O)o1. The summed E-state index contributed by atoms with van der Waals surface area (Å²) in [4.78, 5) is 25.9. The van der Waals surface area contributed by atoms with Crippen molar-refractivity contribution in [3.05, 3.63) is 23.7 Å². The monoisotopic (exact) mass is 278 g/mol. The highest BCUT2D eigenvalue weighted by Gasteiger charge is 2.30. The summed E-state index contributed by atoms with van der Waals surface area (Å²) in [6.45, 7) is 6.84. The molecule has 110 valence electrons. The largest absolute Gasteiger partial charge is 0.464 e. The maximum Gasteiger partial charge on any atom is 0.245 e. The highest BCUT2D eigenvalue weighted by atomic mass is 16.3. The van der Waals surface area contributed by atoms with Crippen LogP contribution in [0.2, 0.25) is 0 Å².